The summed E-state index contributed by atoms with van der Waals surface area (Å²) in [5.41, 5.74) is 4.77. The van der Waals surface area contributed by atoms with Crippen LogP contribution in [0, 0.1) is 20.8 Å². The molecule has 0 aliphatic rings. The summed E-state index contributed by atoms with van der Waals surface area (Å²) in [6.45, 7) is 5.75. The molecule has 2 amide bonds. The standard InChI is InChI=1S/C23H21N3O3S/c1-13-10-14(2)21(15(3)11-13)26-20(27)12-24-22(28)17-8-9-18(29-17)23-25-16-6-4-5-7-19(16)30-23/h4-11H,12H2,1-3H3,(H,24,28)(H,26,27). The van der Waals surface area contributed by atoms with E-state index in [0.717, 1.165) is 32.6 Å². The van der Waals surface area contributed by atoms with Gasteiger partial charge in [0.2, 0.25) is 5.91 Å². The lowest BCUT2D eigenvalue weighted by Gasteiger charge is -2.13. The fraction of sp³-hybridized carbons (Fsp3) is 0.174. The Bertz CT molecular complexity index is 1200. The number of nitrogens with zero attached hydrogens (tertiary/aromatic N) is 1. The molecule has 0 radical (unpaired) electrons. The summed E-state index contributed by atoms with van der Waals surface area (Å²) in [7, 11) is 0. The van der Waals surface area contributed by atoms with Gasteiger partial charge < -0.3 is 15.1 Å². The number of rotatable bonds is 5. The molecule has 4 aromatic rings. The average molecular weight is 420 g/mol. The van der Waals surface area contributed by atoms with Crippen molar-refractivity contribution in [2.24, 2.45) is 0 Å². The molecule has 0 saturated carbocycles. The number of para-hydroxylation sites is 1. The first-order valence-corrected chi connectivity index (χ1v) is 10.3. The molecule has 0 bridgehead atoms. The molecule has 0 unspecified atom stereocenters. The van der Waals surface area contributed by atoms with Gasteiger partial charge in [-0.1, -0.05) is 29.8 Å². The van der Waals surface area contributed by atoms with Crippen LogP contribution in [0.3, 0.4) is 0 Å². The van der Waals surface area contributed by atoms with Crippen LogP contribution in [0.15, 0.2) is 52.9 Å². The van der Waals surface area contributed by atoms with Crippen LogP contribution in [0.4, 0.5) is 5.69 Å². The molecule has 2 N–H and O–H groups in total. The topological polar surface area (TPSA) is 84.2 Å². The van der Waals surface area contributed by atoms with Crippen LogP contribution in [-0.2, 0) is 4.79 Å². The van der Waals surface area contributed by atoms with E-state index in [1.165, 1.54) is 11.3 Å². The molecular weight excluding hydrogens is 398 g/mol. The Morgan fingerprint density at radius 1 is 1.03 bits per heavy atom. The van der Waals surface area contributed by atoms with E-state index >= 15 is 0 Å². The Morgan fingerprint density at radius 3 is 2.50 bits per heavy atom. The second-order valence-corrected chi connectivity index (χ2v) is 8.19. The number of nitrogens with one attached hydrogen (secondary N) is 2. The summed E-state index contributed by atoms with van der Waals surface area (Å²) < 4.78 is 6.72. The van der Waals surface area contributed by atoms with E-state index in [0.29, 0.717) is 10.8 Å². The highest BCUT2D eigenvalue weighted by Gasteiger charge is 2.16. The summed E-state index contributed by atoms with van der Waals surface area (Å²) in [6, 6.07) is 15.1. The van der Waals surface area contributed by atoms with Crippen LogP contribution < -0.4 is 10.6 Å². The number of hydrogen-bond donors (Lipinski definition) is 2. The van der Waals surface area contributed by atoms with Crippen LogP contribution >= 0.6 is 11.3 Å². The minimum absolute atomic E-state index is 0.139. The lowest BCUT2D eigenvalue weighted by atomic mass is 10.1. The van der Waals surface area contributed by atoms with Crippen molar-refractivity contribution < 1.29 is 14.0 Å². The average Bonchev–Trinajstić information content (AvgIpc) is 3.35. The third-order valence-electron chi connectivity index (χ3n) is 4.69. The number of aromatic nitrogens is 1. The Kier molecular flexibility index (Phi) is 5.37. The monoisotopic (exact) mass is 419 g/mol. The first-order valence-electron chi connectivity index (χ1n) is 9.52. The predicted molar refractivity (Wildman–Crippen MR) is 119 cm³/mol. The zero-order chi connectivity index (χ0) is 21.3. The number of hydrogen-bond acceptors (Lipinski definition) is 5. The first-order chi connectivity index (χ1) is 14.4. The number of carbonyl (C=O) groups excluding carboxylic acids is 2. The highest BCUT2D eigenvalue weighted by molar-refractivity contribution is 7.21. The number of carbonyl (C=O) groups is 2. The molecule has 2 aromatic heterocycles. The van der Waals surface area contributed by atoms with Crippen molar-refractivity contribution in [1.29, 1.82) is 0 Å². The van der Waals surface area contributed by atoms with Crippen LogP contribution in [0.1, 0.15) is 27.2 Å². The summed E-state index contributed by atoms with van der Waals surface area (Å²) in [5, 5.41) is 6.17. The van der Waals surface area contributed by atoms with Crippen molar-refractivity contribution in [2.75, 3.05) is 11.9 Å². The van der Waals surface area contributed by atoms with E-state index in [-0.39, 0.29) is 18.2 Å². The third kappa shape index (κ3) is 4.11. The third-order valence-corrected chi connectivity index (χ3v) is 5.74. The van der Waals surface area contributed by atoms with Crippen molar-refractivity contribution in [3.8, 4) is 10.8 Å². The second kappa shape index (κ2) is 8.12. The zero-order valence-corrected chi connectivity index (χ0v) is 17.7. The van der Waals surface area contributed by atoms with E-state index in [4.69, 9.17) is 4.42 Å². The number of benzene rings is 2. The second-order valence-electron chi connectivity index (χ2n) is 7.16. The molecule has 0 saturated heterocycles. The highest BCUT2D eigenvalue weighted by Crippen LogP contribution is 2.31. The fourth-order valence-corrected chi connectivity index (χ4v) is 4.29. The molecule has 6 nitrogen and oxygen atoms in total. The summed E-state index contributed by atoms with van der Waals surface area (Å²) in [6.07, 6.45) is 0. The largest absolute Gasteiger partial charge is 0.448 e. The van der Waals surface area contributed by atoms with E-state index in [9.17, 15) is 9.59 Å². The van der Waals surface area contributed by atoms with E-state index in [1.807, 2.05) is 57.2 Å². The molecule has 30 heavy (non-hydrogen) atoms. The van der Waals surface area contributed by atoms with Gasteiger partial charge in [0.15, 0.2) is 16.5 Å². The predicted octanol–water partition coefficient (Wildman–Crippen LogP) is 4.85. The van der Waals surface area contributed by atoms with Crippen molar-refractivity contribution in [1.82, 2.24) is 10.3 Å². The van der Waals surface area contributed by atoms with Gasteiger partial charge in [-0.25, -0.2) is 4.98 Å². The molecular formula is C23H21N3O3S. The van der Waals surface area contributed by atoms with Gasteiger partial charge in [0, 0.05) is 5.69 Å². The number of thiazole rings is 1. The van der Waals surface area contributed by atoms with Crippen molar-refractivity contribution in [3.05, 3.63) is 71.0 Å². The lowest BCUT2D eigenvalue weighted by Crippen LogP contribution is -2.33. The summed E-state index contributed by atoms with van der Waals surface area (Å²) in [4.78, 5) is 29.2. The first kappa shape index (κ1) is 19.8. The van der Waals surface area contributed by atoms with Gasteiger partial charge in [-0.15, -0.1) is 11.3 Å². The summed E-state index contributed by atoms with van der Waals surface area (Å²) in [5.74, 6) is -0.0809. The quantitative estimate of drug-likeness (QED) is 0.484. The van der Waals surface area contributed by atoms with Crippen LogP contribution in [0.25, 0.3) is 21.0 Å². The highest BCUT2D eigenvalue weighted by atomic mass is 32.1. The normalized spacial score (nSPS) is 10.9. The number of aryl methyl sites for hydroxylation is 3. The van der Waals surface area contributed by atoms with E-state index < -0.39 is 5.91 Å². The molecule has 152 valence electrons. The number of furan rings is 1. The Hall–Kier alpha value is -3.45. The van der Waals surface area contributed by atoms with Gasteiger partial charge in [0.1, 0.15) is 0 Å². The molecule has 4 rings (SSSR count). The minimum Gasteiger partial charge on any atom is -0.448 e. The Labute approximate surface area is 177 Å². The molecule has 0 aliphatic heterocycles. The molecule has 0 atom stereocenters. The molecule has 0 aliphatic carbocycles. The number of fused-ring (bicyclic) bond motifs is 1. The van der Waals surface area contributed by atoms with Gasteiger partial charge in [-0.3, -0.25) is 9.59 Å². The van der Waals surface area contributed by atoms with Crippen molar-refractivity contribution in [3.63, 3.8) is 0 Å². The summed E-state index contributed by atoms with van der Waals surface area (Å²) >= 11 is 1.50. The zero-order valence-electron chi connectivity index (χ0n) is 16.9. The SMILES string of the molecule is Cc1cc(C)c(NC(=O)CNC(=O)c2ccc(-c3nc4ccccc4s3)o2)c(C)c1. The molecule has 2 heterocycles. The fourth-order valence-electron chi connectivity index (χ4n) is 3.36. The number of amides is 2. The molecule has 0 spiro atoms. The van der Waals surface area contributed by atoms with Crippen LogP contribution in [-0.4, -0.2) is 23.3 Å². The molecule has 7 heteroatoms. The molecule has 2 aromatic carbocycles. The maximum atomic E-state index is 12.4. The van der Waals surface area contributed by atoms with Crippen molar-refractivity contribution in [2.45, 2.75) is 20.8 Å². The van der Waals surface area contributed by atoms with E-state index in [1.54, 1.807) is 12.1 Å². The Balaban J connectivity index is 1.39. The minimum atomic E-state index is -0.449. The van der Waals surface area contributed by atoms with Gasteiger partial charge in [0.05, 0.1) is 16.8 Å². The maximum absolute atomic E-state index is 12.4. The van der Waals surface area contributed by atoms with Crippen molar-refractivity contribution >= 4 is 39.1 Å². The lowest BCUT2D eigenvalue weighted by molar-refractivity contribution is -0.115. The maximum Gasteiger partial charge on any atom is 0.287 e. The van der Waals surface area contributed by atoms with Crippen LogP contribution in [0.2, 0.25) is 0 Å². The smallest absolute Gasteiger partial charge is 0.287 e. The van der Waals surface area contributed by atoms with Gasteiger partial charge >= 0.3 is 0 Å². The van der Waals surface area contributed by atoms with E-state index in [2.05, 4.69) is 15.6 Å². The number of anilines is 1. The van der Waals surface area contributed by atoms with Gasteiger partial charge in [0.25, 0.3) is 5.91 Å². The molecule has 0 fully saturated rings. The van der Waals surface area contributed by atoms with Crippen LogP contribution in [0.5, 0.6) is 0 Å². The van der Waals surface area contributed by atoms with Gasteiger partial charge in [-0.2, -0.15) is 0 Å². The van der Waals surface area contributed by atoms with Gasteiger partial charge in [-0.05, 0) is 56.2 Å². The Morgan fingerprint density at radius 2 is 1.77 bits per heavy atom.